The first-order chi connectivity index (χ1) is 8.54. The van der Waals surface area contributed by atoms with Crippen LogP contribution in [0.15, 0.2) is 0 Å². The van der Waals surface area contributed by atoms with E-state index in [0.717, 1.165) is 19.4 Å². The van der Waals surface area contributed by atoms with Crippen LogP contribution in [0, 0.1) is 0 Å². The molecule has 18 heavy (non-hydrogen) atoms. The van der Waals surface area contributed by atoms with Crippen molar-refractivity contribution >= 4 is 11.9 Å². The van der Waals surface area contributed by atoms with Gasteiger partial charge < -0.3 is 20.5 Å². The van der Waals surface area contributed by atoms with Crippen molar-refractivity contribution in [3.8, 4) is 6.01 Å². The summed E-state index contributed by atoms with van der Waals surface area (Å²) >= 11 is 0. The summed E-state index contributed by atoms with van der Waals surface area (Å²) in [7, 11) is 0. The number of ether oxygens (including phenoxy) is 1. The van der Waals surface area contributed by atoms with E-state index in [4.69, 9.17) is 10.5 Å². The normalized spacial score (nSPS) is 20.2. The van der Waals surface area contributed by atoms with Gasteiger partial charge in [0.2, 0.25) is 11.9 Å². The Kier molecular flexibility index (Phi) is 3.81. The molecule has 2 heterocycles. The summed E-state index contributed by atoms with van der Waals surface area (Å²) in [4.78, 5) is 14.1. The van der Waals surface area contributed by atoms with Gasteiger partial charge in [-0.1, -0.05) is 0 Å². The van der Waals surface area contributed by atoms with Gasteiger partial charge in [-0.15, -0.1) is 0 Å². The lowest BCUT2D eigenvalue weighted by Crippen LogP contribution is -2.39. The molecule has 1 saturated heterocycles. The fourth-order valence-corrected chi connectivity index (χ4v) is 1.90. The second-order valence-electron chi connectivity index (χ2n) is 4.68. The second-order valence-corrected chi connectivity index (χ2v) is 4.68. The lowest BCUT2D eigenvalue weighted by atomic mass is 10.1. The molecule has 7 nitrogen and oxygen atoms in total. The Morgan fingerprint density at radius 2 is 2.17 bits per heavy atom. The number of hydrogen-bond acceptors (Lipinski definition) is 7. The molecule has 0 aromatic carbocycles. The molecule has 7 heteroatoms. The quantitative estimate of drug-likeness (QED) is 0.794. The Hall–Kier alpha value is -1.63. The first kappa shape index (κ1) is 12.8. The number of nitrogen functional groups attached to an aromatic ring is 1. The highest BCUT2D eigenvalue weighted by atomic mass is 16.5. The molecule has 0 aliphatic carbocycles. The monoisotopic (exact) mass is 253 g/mol. The molecule has 0 radical (unpaired) electrons. The van der Waals surface area contributed by atoms with Crippen LogP contribution in [-0.2, 0) is 0 Å². The molecular weight excluding hydrogens is 234 g/mol. The van der Waals surface area contributed by atoms with Crippen molar-refractivity contribution < 1.29 is 9.84 Å². The van der Waals surface area contributed by atoms with E-state index in [-0.39, 0.29) is 24.2 Å². The molecule has 1 aromatic rings. The van der Waals surface area contributed by atoms with Crippen molar-refractivity contribution in [3.63, 3.8) is 0 Å². The number of β-amino-alcohol motifs (C(OH)–C–C–N with tert-alkyl or cyclic N) is 1. The van der Waals surface area contributed by atoms with Crippen LogP contribution in [0.5, 0.6) is 6.01 Å². The predicted octanol–water partition coefficient (Wildman–Crippen LogP) is 0.202. The van der Waals surface area contributed by atoms with E-state index in [9.17, 15) is 5.11 Å². The fraction of sp³-hybridized carbons (Fsp3) is 0.727. The number of aromatic nitrogens is 3. The third-order valence-corrected chi connectivity index (χ3v) is 2.64. The van der Waals surface area contributed by atoms with Crippen LogP contribution in [0.2, 0.25) is 0 Å². The minimum Gasteiger partial charge on any atom is -0.461 e. The maximum absolute atomic E-state index is 9.65. The van der Waals surface area contributed by atoms with E-state index < -0.39 is 0 Å². The first-order valence-corrected chi connectivity index (χ1v) is 6.16. The van der Waals surface area contributed by atoms with Crippen LogP contribution in [-0.4, -0.2) is 45.4 Å². The fourth-order valence-electron chi connectivity index (χ4n) is 1.90. The number of nitrogens with two attached hydrogens (primary N) is 1. The van der Waals surface area contributed by atoms with Gasteiger partial charge in [-0.3, -0.25) is 0 Å². The van der Waals surface area contributed by atoms with Gasteiger partial charge in [0.1, 0.15) is 0 Å². The number of rotatable bonds is 3. The third-order valence-electron chi connectivity index (χ3n) is 2.64. The summed E-state index contributed by atoms with van der Waals surface area (Å²) in [6.07, 6.45) is 1.36. The number of piperidine rings is 1. The van der Waals surface area contributed by atoms with Crippen LogP contribution in [0.1, 0.15) is 26.7 Å². The molecule has 0 bridgehead atoms. The molecular formula is C11H19N5O2. The highest BCUT2D eigenvalue weighted by Crippen LogP contribution is 2.19. The summed E-state index contributed by atoms with van der Waals surface area (Å²) in [5, 5.41) is 9.65. The third kappa shape index (κ3) is 3.19. The largest absolute Gasteiger partial charge is 0.461 e. The van der Waals surface area contributed by atoms with E-state index in [0.29, 0.717) is 12.5 Å². The van der Waals surface area contributed by atoms with Crippen LogP contribution in [0.4, 0.5) is 11.9 Å². The Morgan fingerprint density at radius 1 is 1.39 bits per heavy atom. The summed E-state index contributed by atoms with van der Waals surface area (Å²) in [6.45, 7) is 5.11. The second kappa shape index (κ2) is 5.34. The Balaban J connectivity index is 2.18. The molecule has 2 rings (SSSR count). The van der Waals surface area contributed by atoms with E-state index in [1.807, 2.05) is 18.7 Å². The zero-order valence-electron chi connectivity index (χ0n) is 10.7. The lowest BCUT2D eigenvalue weighted by molar-refractivity contribution is 0.153. The topological polar surface area (TPSA) is 97.4 Å². The SMILES string of the molecule is CC(C)Oc1nc(N)nc(N2CCCC(O)C2)n1. The molecule has 1 aromatic heterocycles. The summed E-state index contributed by atoms with van der Waals surface area (Å²) in [5.41, 5.74) is 5.65. The molecule has 3 N–H and O–H groups in total. The number of nitrogens with zero attached hydrogens (tertiary/aromatic N) is 4. The van der Waals surface area contributed by atoms with Crippen molar-refractivity contribution in [1.82, 2.24) is 15.0 Å². The standard InChI is InChI=1S/C11H19N5O2/c1-7(2)18-11-14-9(12)13-10(15-11)16-5-3-4-8(17)6-16/h7-8,17H,3-6H2,1-2H3,(H2,12,13,14,15). The van der Waals surface area contributed by atoms with Crippen LogP contribution < -0.4 is 15.4 Å². The minimum atomic E-state index is -0.341. The number of anilines is 2. The van der Waals surface area contributed by atoms with E-state index in [1.54, 1.807) is 0 Å². The van der Waals surface area contributed by atoms with E-state index in [1.165, 1.54) is 0 Å². The van der Waals surface area contributed by atoms with Crippen molar-refractivity contribution in [3.05, 3.63) is 0 Å². The Bertz CT molecular complexity index is 412. The van der Waals surface area contributed by atoms with E-state index in [2.05, 4.69) is 15.0 Å². The van der Waals surface area contributed by atoms with Gasteiger partial charge in [0.15, 0.2) is 0 Å². The summed E-state index contributed by atoms with van der Waals surface area (Å²) in [5.74, 6) is 0.604. The zero-order chi connectivity index (χ0) is 13.1. The van der Waals surface area contributed by atoms with Gasteiger partial charge in [-0.25, -0.2) is 0 Å². The molecule has 1 atom stereocenters. The molecule has 1 aliphatic rings. The molecule has 1 unspecified atom stereocenters. The summed E-state index contributed by atoms with van der Waals surface area (Å²) in [6, 6.07) is 0.229. The molecule has 0 spiro atoms. The zero-order valence-corrected chi connectivity index (χ0v) is 10.7. The van der Waals surface area contributed by atoms with Crippen molar-refractivity contribution in [1.29, 1.82) is 0 Å². The molecule has 1 aliphatic heterocycles. The lowest BCUT2D eigenvalue weighted by Gasteiger charge is -2.30. The van der Waals surface area contributed by atoms with Crippen LogP contribution in [0.25, 0.3) is 0 Å². The van der Waals surface area contributed by atoms with Gasteiger partial charge in [-0.05, 0) is 26.7 Å². The highest BCUT2D eigenvalue weighted by molar-refractivity contribution is 5.36. The van der Waals surface area contributed by atoms with E-state index >= 15 is 0 Å². The minimum absolute atomic E-state index is 0.0217. The van der Waals surface area contributed by atoms with Crippen LogP contribution in [0.3, 0.4) is 0 Å². The van der Waals surface area contributed by atoms with Crippen molar-refractivity contribution in [2.75, 3.05) is 23.7 Å². The molecule has 100 valence electrons. The number of aliphatic hydroxyl groups is 1. The first-order valence-electron chi connectivity index (χ1n) is 6.16. The number of hydrogen-bond donors (Lipinski definition) is 2. The molecule has 0 amide bonds. The molecule has 1 fully saturated rings. The number of aliphatic hydroxyl groups excluding tert-OH is 1. The van der Waals surface area contributed by atoms with Gasteiger partial charge in [-0.2, -0.15) is 15.0 Å². The van der Waals surface area contributed by atoms with Gasteiger partial charge >= 0.3 is 6.01 Å². The van der Waals surface area contributed by atoms with Crippen molar-refractivity contribution in [2.24, 2.45) is 0 Å². The average molecular weight is 253 g/mol. The highest BCUT2D eigenvalue weighted by Gasteiger charge is 2.21. The average Bonchev–Trinajstić information content (AvgIpc) is 2.27. The molecule has 0 saturated carbocycles. The maximum Gasteiger partial charge on any atom is 0.323 e. The van der Waals surface area contributed by atoms with Crippen molar-refractivity contribution in [2.45, 2.75) is 38.9 Å². The Morgan fingerprint density at radius 3 is 2.83 bits per heavy atom. The van der Waals surface area contributed by atoms with Gasteiger partial charge in [0, 0.05) is 13.1 Å². The van der Waals surface area contributed by atoms with Gasteiger partial charge in [0.25, 0.3) is 0 Å². The Labute approximate surface area is 106 Å². The summed E-state index contributed by atoms with van der Waals surface area (Å²) < 4.78 is 5.42. The predicted molar refractivity (Wildman–Crippen MR) is 67.5 cm³/mol. The van der Waals surface area contributed by atoms with Gasteiger partial charge in [0.05, 0.1) is 12.2 Å². The maximum atomic E-state index is 9.65. The smallest absolute Gasteiger partial charge is 0.323 e. The van der Waals surface area contributed by atoms with Crippen LogP contribution >= 0.6 is 0 Å².